The van der Waals surface area contributed by atoms with Crippen LogP contribution in [0.4, 0.5) is 4.79 Å². The minimum Gasteiger partial charge on any atom is -0.464 e. The molecule has 3 rings (SSSR count). The van der Waals surface area contributed by atoms with Crippen molar-refractivity contribution < 1.29 is 9.90 Å². The van der Waals surface area contributed by atoms with Crippen LogP contribution in [-0.4, -0.2) is 39.0 Å². The first-order valence-electron chi connectivity index (χ1n) is 7.49. The van der Waals surface area contributed by atoms with E-state index in [1.165, 1.54) is 4.57 Å². The molecule has 120 valence electrons. The lowest BCUT2D eigenvalue weighted by Gasteiger charge is -2.41. The Morgan fingerprint density at radius 2 is 2.18 bits per heavy atom. The molecular formula is C15H23N5O2. The second-order valence-corrected chi connectivity index (χ2v) is 6.72. The van der Waals surface area contributed by atoms with E-state index in [2.05, 4.69) is 36.3 Å². The molecule has 0 bridgehead atoms. The Kier molecular flexibility index (Phi) is 3.41. The molecule has 2 unspecified atom stereocenters. The Bertz CT molecular complexity index is 628. The fraction of sp³-hybridized carbons (Fsp3) is 0.533. The number of carboxylic acid groups (broad SMARTS) is 1. The summed E-state index contributed by atoms with van der Waals surface area (Å²) in [5.74, 6) is 0. The lowest BCUT2D eigenvalue weighted by atomic mass is 9.98. The highest BCUT2D eigenvalue weighted by Crippen LogP contribution is 2.38. The lowest BCUT2D eigenvalue weighted by molar-refractivity contribution is 0.124. The van der Waals surface area contributed by atoms with E-state index < -0.39 is 6.09 Å². The molecule has 0 amide bonds. The maximum Gasteiger partial charge on any atom is 0.415 e. The highest BCUT2D eigenvalue weighted by Gasteiger charge is 2.42. The number of carbonyl (C=O) groups is 1. The van der Waals surface area contributed by atoms with Crippen LogP contribution in [0.2, 0.25) is 0 Å². The van der Waals surface area contributed by atoms with Gasteiger partial charge >= 0.3 is 6.09 Å². The van der Waals surface area contributed by atoms with Gasteiger partial charge in [0.05, 0.1) is 17.4 Å². The predicted octanol–water partition coefficient (Wildman–Crippen LogP) is 1.21. The Hall–Kier alpha value is -1.99. The van der Waals surface area contributed by atoms with Gasteiger partial charge in [0.15, 0.2) is 6.29 Å². The first-order valence-corrected chi connectivity index (χ1v) is 7.49. The largest absolute Gasteiger partial charge is 0.464 e. The summed E-state index contributed by atoms with van der Waals surface area (Å²) in [6, 6.07) is 3.41. The van der Waals surface area contributed by atoms with Crippen LogP contribution >= 0.6 is 0 Å². The fourth-order valence-corrected chi connectivity index (χ4v) is 3.39. The molecule has 5 N–H and O–H groups in total. The molecule has 0 aromatic carbocycles. The monoisotopic (exact) mass is 305 g/mol. The van der Waals surface area contributed by atoms with Crippen LogP contribution in [-0.2, 0) is 0 Å². The third kappa shape index (κ3) is 2.26. The van der Waals surface area contributed by atoms with Crippen molar-refractivity contribution >= 4 is 6.09 Å². The average Bonchev–Trinajstić information content (AvgIpc) is 2.99. The van der Waals surface area contributed by atoms with Crippen LogP contribution in [0.15, 0.2) is 29.7 Å². The topological polar surface area (TPSA) is 95.5 Å². The zero-order valence-electron chi connectivity index (χ0n) is 13.1. The number of nitrogens with zero attached hydrogens (tertiary/aromatic N) is 2. The van der Waals surface area contributed by atoms with E-state index in [-0.39, 0.29) is 17.9 Å². The Labute approximate surface area is 129 Å². The molecule has 2 aliphatic rings. The Balaban J connectivity index is 2.07. The molecule has 7 nitrogen and oxygen atoms in total. The highest BCUT2D eigenvalue weighted by atomic mass is 16.4. The van der Waals surface area contributed by atoms with Gasteiger partial charge in [0.25, 0.3) is 0 Å². The van der Waals surface area contributed by atoms with E-state index in [0.29, 0.717) is 5.69 Å². The summed E-state index contributed by atoms with van der Waals surface area (Å²) in [6.45, 7) is 7.09. The smallest absolute Gasteiger partial charge is 0.415 e. The minimum atomic E-state index is -0.980. The number of nitrogens with one attached hydrogen (secondary N) is 2. The molecular weight excluding hydrogens is 282 g/mol. The Morgan fingerprint density at radius 3 is 2.82 bits per heavy atom. The molecule has 0 saturated carbocycles. The fourth-order valence-electron chi connectivity index (χ4n) is 3.39. The second kappa shape index (κ2) is 5.03. The van der Waals surface area contributed by atoms with Crippen molar-refractivity contribution in [2.75, 3.05) is 6.54 Å². The highest BCUT2D eigenvalue weighted by molar-refractivity contribution is 5.69. The summed E-state index contributed by atoms with van der Waals surface area (Å²) < 4.78 is 1.26. The second-order valence-electron chi connectivity index (χ2n) is 6.72. The first-order chi connectivity index (χ1) is 10.3. The first kappa shape index (κ1) is 14.9. The van der Waals surface area contributed by atoms with Gasteiger partial charge in [-0.3, -0.25) is 10.3 Å². The van der Waals surface area contributed by atoms with E-state index in [1.54, 1.807) is 12.3 Å². The number of nitrogens with two attached hydrogens (primary N) is 1. The van der Waals surface area contributed by atoms with Crippen molar-refractivity contribution in [1.82, 2.24) is 20.1 Å². The van der Waals surface area contributed by atoms with Gasteiger partial charge < -0.3 is 20.6 Å². The minimum absolute atomic E-state index is 0.165. The summed E-state index contributed by atoms with van der Waals surface area (Å²) in [6.07, 6.45) is 1.16. The third-order valence-corrected chi connectivity index (χ3v) is 4.17. The van der Waals surface area contributed by atoms with Gasteiger partial charge in [-0.05, 0) is 32.9 Å². The van der Waals surface area contributed by atoms with Crippen molar-refractivity contribution in [1.29, 1.82) is 0 Å². The van der Waals surface area contributed by atoms with E-state index in [0.717, 1.165) is 24.4 Å². The van der Waals surface area contributed by atoms with Crippen LogP contribution in [0.5, 0.6) is 0 Å². The van der Waals surface area contributed by atoms with Crippen LogP contribution in [0.3, 0.4) is 0 Å². The summed E-state index contributed by atoms with van der Waals surface area (Å²) in [5, 5.41) is 16.1. The van der Waals surface area contributed by atoms with Crippen molar-refractivity contribution in [3.63, 3.8) is 0 Å². The molecule has 7 heteroatoms. The molecule has 1 aromatic heterocycles. The third-order valence-electron chi connectivity index (χ3n) is 4.17. The quantitative estimate of drug-likeness (QED) is 0.623. The number of aromatic nitrogens is 1. The van der Waals surface area contributed by atoms with Crippen molar-refractivity contribution in [2.45, 2.75) is 45.1 Å². The molecule has 0 aliphatic carbocycles. The summed E-state index contributed by atoms with van der Waals surface area (Å²) in [5.41, 5.74) is 8.96. The van der Waals surface area contributed by atoms with Gasteiger partial charge in [0.2, 0.25) is 0 Å². The van der Waals surface area contributed by atoms with E-state index in [9.17, 15) is 9.90 Å². The van der Waals surface area contributed by atoms with Gasteiger partial charge in [0.1, 0.15) is 0 Å². The molecule has 2 aliphatic heterocycles. The SMILES string of the molecule is CC(C)(C)N1C2=C(CCNC2c2cccn2C(=O)O)NC1N. The molecule has 3 heterocycles. The zero-order chi connectivity index (χ0) is 16.1. The molecule has 1 aromatic rings. The van der Waals surface area contributed by atoms with Crippen LogP contribution in [0, 0.1) is 0 Å². The van der Waals surface area contributed by atoms with Crippen LogP contribution < -0.4 is 16.4 Å². The zero-order valence-corrected chi connectivity index (χ0v) is 13.1. The molecule has 22 heavy (non-hydrogen) atoms. The molecule has 0 saturated heterocycles. The van der Waals surface area contributed by atoms with Gasteiger partial charge in [-0.1, -0.05) is 0 Å². The summed E-state index contributed by atoms with van der Waals surface area (Å²) in [4.78, 5) is 13.6. The normalized spacial score (nSPS) is 25.2. The van der Waals surface area contributed by atoms with Gasteiger partial charge in [0, 0.05) is 30.4 Å². The predicted molar refractivity (Wildman–Crippen MR) is 82.9 cm³/mol. The van der Waals surface area contributed by atoms with Crippen LogP contribution in [0.1, 0.15) is 38.9 Å². The maximum atomic E-state index is 11.4. The van der Waals surface area contributed by atoms with Gasteiger partial charge in [-0.25, -0.2) is 4.79 Å². The molecule has 0 fully saturated rings. The number of rotatable bonds is 1. The number of hydrogen-bond acceptors (Lipinski definition) is 5. The van der Waals surface area contributed by atoms with Crippen molar-refractivity contribution in [3.8, 4) is 0 Å². The van der Waals surface area contributed by atoms with Crippen molar-refractivity contribution in [2.24, 2.45) is 5.73 Å². The molecule has 0 radical (unpaired) electrons. The van der Waals surface area contributed by atoms with Crippen LogP contribution in [0.25, 0.3) is 0 Å². The standard InChI is InChI=1S/C15H23N5O2/c1-15(2,3)20-12-9(18-13(20)16)6-7-17-11(12)10-5-4-8-19(10)14(21)22/h4-5,8,11,13,17-18H,6-7,16H2,1-3H3,(H,21,22). The lowest BCUT2D eigenvalue weighted by Crippen LogP contribution is -2.54. The van der Waals surface area contributed by atoms with E-state index in [4.69, 9.17) is 5.73 Å². The van der Waals surface area contributed by atoms with Crippen molar-refractivity contribution in [3.05, 3.63) is 35.4 Å². The maximum absolute atomic E-state index is 11.4. The van der Waals surface area contributed by atoms with E-state index >= 15 is 0 Å². The van der Waals surface area contributed by atoms with Gasteiger partial charge in [-0.2, -0.15) is 0 Å². The summed E-state index contributed by atoms with van der Waals surface area (Å²) >= 11 is 0. The average molecular weight is 305 g/mol. The Morgan fingerprint density at radius 1 is 1.45 bits per heavy atom. The number of hydrogen-bond donors (Lipinski definition) is 4. The van der Waals surface area contributed by atoms with Gasteiger partial charge in [-0.15, -0.1) is 0 Å². The van der Waals surface area contributed by atoms with E-state index in [1.807, 2.05) is 6.07 Å². The molecule has 2 atom stereocenters. The molecule has 0 spiro atoms. The summed E-state index contributed by atoms with van der Waals surface area (Å²) in [7, 11) is 0.